The summed E-state index contributed by atoms with van der Waals surface area (Å²) in [6.45, 7) is 0. The summed E-state index contributed by atoms with van der Waals surface area (Å²) in [6, 6.07) is 22.5. The molecule has 2 aromatic heterocycles. The minimum atomic E-state index is -0.577. The Morgan fingerprint density at radius 1 is 0.537 bits per heavy atom. The number of ketones is 1. The van der Waals surface area contributed by atoms with Crippen molar-refractivity contribution in [2.75, 3.05) is 0 Å². The van der Waals surface area contributed by atoms with Crippen molar-refractivity contribution in [1.29, 1.82) is 0 Å². The Labute approximate surface area is 270 Å². The fourth-order valence-electron chi connectivity index (χ4n) is 3.77. The summed E-state index contributed by atoms with van der Waals surface area (Å²) >= 11 is 40.1. The quantitative estimate of drug-likeness (QED) is 0.144. The van der Waals surface area contributed by atoms with Gasteiger partial charge in [0.05, 0.1) is 15.6 Å². The summed E-state index contributed by atoms with van der Waals surface area (Å²) in [6.07, 6.45) is 3.56. The molecule has 6 rings (SSSR count). The first kappa shape index (κ1) is 31.3. The number of halogens is 7. The predicted molar refractivity (Wildman–Crippen MR) is 173 cm³/mol. The van der Waals surface area contributed by atoms with Gasteiger partial charge in [-0.15, -0.1) is 0 Å². The lowest BCUT2D eigenvalue weighted by molar-refractivity contribution is 0.103. The molecule has 0 radical (unpaired) electrons. The third-order valence-corrected chi connectivity index (χ3v) is 7.49. The number of hydrogen-bond donors (Lipinski definition) is 2. The summed E-state index contributed by atoms with van der Waals surface area (Å²) in [4.78, 5) is 29.3. The number of hydrogen-bond acceptors (Lipinski definition) is 2. The van der Waals surface area contributed by atoms with Gasteiger partial charge in [0.2, 0.25) is 0 Å². The minimum Gasteiger partial charge on any atom is -0.361 e. The van der Waals surface area contributed by atoms with Gasteiger partial charge in [0, 0.05) is 65.4 Å². The molecule has 6 aromatic rings. The zero-order chi connectivity index (χ0) is 29.7. The number of benzene rings is 4. The standard InChI is InChI=1S/C15H8Cl3NO.C8H6ClN.C7H3Cl3O/c16-8-2-4-14-11(5-8)12(7-19-14)15(20)10-3-1-9(17)6-13(10)18;9-7-1-2-8-6(5-7)3-4-10-8;8-4-1-2-5(7(10)11)6(9)3-4/h1-7,19H;1-5,10H;1-3H. The highest BCUT2D eigenvalue weighted by atomic mass is 35.5. The van der Waals surface area contributed by atoms with E-state index < -0.39 is 5.24 Å². The van der Waals surface area contributed by atoms with Crippen LogP contribution in [0.3, 0.4) is 0 Å². The molecule has 0 aliphatic carbocycles. The van der Waals surface area contributed by atoms with Crippen LogP contribution in [-0.4, -0.2) is 21.0 Å². The van der Waals surface area contributed by atoms with Gasteiger partial charge in [-0.1, -0.05) is 69.6 Å². The summed E-state index contributed by atoms with van der Waals surface area (Å²) in [5, 5.41) is 4.30. The van der Waals surface area contributed by atoms with Crippen LogP contribution in [0.4, 0.5) is 0 Å². The van der Waals surface area contributed by atoms with Crippen LogP contribution in [0.2, 0.25) is 30.1 Å². The first-order valence-corrected chi connectivity index (χ1v) is 14.3. The number of H-pyrrole nitrogens is 2. The Morgan fingerprint density at radius 2 is 1.07 bits per heavy atom. The smallest absolute Gasteiger partial charge is 0.253 e. The maximum atomic E-state index is 12.6. The van der Waals surface area contributed by atoms with Crippen molar-refractivity contribution in [3.8, 4) is 0 Å². The van der Waals surface area contributed by atoms with Gasteiger partial charge in [0.15, 0.2) is 5.78 Å². The van der Waals surface area contributed by atoms with E-state index in [1.54, 1.807) is 42.6 Å². The third-order valence-electron chi connectivity index (χ3n) is 5.72. The molecule has 0 fully saturated rings. The van der Waals surface area contributed by atoms with Crippen molar-refractivity contribution in [3.05, 3.63) is 138 Å². The van der Waals surface area contributed by atoms with Gasteiger partial charge in [-0.3, -0.25) is 9.59 Å². The molecule has 41 heavy (non-hydrogen) atoms. The zero-order valence-electron chi connectivity index (χ0n) is 20.6. The SMILES string of the molecule is Clc1ccc2[nH]ccc2c1.O=C(Cl)c1ccc(Cl)cc1Cl.O=C(c1ccc(Cl)cc1Cl)c1c[nH]c2ccc(Cl)cc12. The van der Waals surface area contributed by atoms with Gasteiger partial charge in [-0.05, 0) is 90.5 Å². The van der Waals surface area contributed by atoms with Crippen LogP contribution < -0.4 is 0 Å². The van der Waals surface area contributed by atoms with Gasteiger partial charge < -0.3 is 9.97 Å². The fourth-order valence-corrected chi connectivity index (χ4v) is 5.33. The van der Waals surface area contributed by atoms with Crippen molar-refractivity contribution in [2.24, 2.45) is 0 Å². The van der Waals surface area contributed by atoms with Crippen LogP contribution in [0.15, 0.2) is 91.3 Å². The molecule has 0 saturated carbocycles. The molecule has 0 atom stereocenters. The number of nitrogens with one attached hydrogen (secondary N) is 2. The molecule has 0 amide bonds. The molecule has 0 unspecified atom stereocenters. The van der Waals surface area contributed by atoms with Gasteiger partial charge in [-0.25, -0.2) is 0 Å². The number of carbonyl (C=O) groups excluding carboxylic acids is 2. The second-order valence-electron chi connectivity index (χ2n) is 8.45. The van der Waals surface area contributed by atoms with Crippen molar-refractivity contribution in [1.82, 2.24) is 9.97 Å². The Balaban J connectivity index is 0.000000156. The lowest BCUT2D eigenvalue weighted by atomic mass is 10.0. The van der Waals surface area contributed by atoms with Gasteiger partial charge >= 0.3 is 0 Å². The molecule has 0 spiro atoms. The van der Waals surface area contributed by atoms with Crippen molar-refractivity contribution in [3.63, 3.8) is 0 Å². The summed E-state index contributed by atoms with van der Waals surface area (Å²) < 4.78 is 0. The van der Waals surface area contributed by atoms with Gasteiger partial charge in [0.1, 0.15) is 0 Å². The Morgan fingerprint density at radius 3 is 1.68 bits per heavy atom. The van der Waals surface area contributed by atoms with Crippen LogP contribution in [0.1, 0.15) is 26.3 Å². The van der Waals surface area contributed by atoms with E-state index in [4.69, 9.17) is 81.2 Å². The Bertz CT molecular complexity index is 1880. The molecular formula is C30H17Cl7N2O2. The summed E-state index contributed by atoms with van der Waals surface area (Å²) in [5.74, 6) is -0.166. The van der Waals surface area contributed by atoms with E-state index in [2.05, 4.69) is 9.97 Å². The largest absolute Gasteiger partial charge is 0.361 e. The highest BCUT2D eigenvalue weighted by Crippen LogP contribution is 2.28. The fraction of sp³-hybridized carbons (Fsp3) is 0. The molecule has 4 aromatic carbocycles. The van der Waals surface area contributed by atoms with E-state index in [0.717, 1.165) is 26.8 Å². The number of rotatable bonds is 3. The van der Waals surface area contributed by atoms with Crippen molar-refractivity contribution >= 4 is 114 Å². The van der Waals surface area contributed by atoms with Crippen LogP contribution in [0.5, 0.6) is 0 Å². The Kier molecular flexibility index (Phi) is 10.7. The van der Waals surface area contributed by atoms with E-state index in [9.17, 15) is 9.59 Å². The molecule has 2 heterocycles. The molecule has 2 N–H and O–H groups in total. The normalized spacial score (nSPS) is 10.5. The number of carbonyl (C=O) groups is 2. The predicted octanol–water partition coefficient (Wildman–Crippen LogP) is 11.6. The average molecular weight is 686 g/mol. The minimum absolute atomic E-state index is 0.166. The van der Waals surface area contributed by atoms with Crippen molar-refractivity contribution < 1.29 is 9.59 Å². The maximum Gasteiger partial charge on any atom is 0.253 e. The first-order valence-electron chi connectivity index (χ1n) is 11.7. The lowest BCUT2D eigenvalue weighted by Crippen LogP contribution is -2.01. The number of aromatic nitrogens is 2. The van der Waals surface area contributed by atoms with E-state index >= 15 is 0 Å². The van der Waals surface area contributed by atoms with Crippen LogP contribution in [0, 0.1) is 0 Å². The van der Waals surface area contributed by atoms with Crippen LogP contribution in [0.25, 0.3) is 21.8 Å². The first-order chi connectivity index (χ1) is 19.5. The highest BCUT2D eigenvalue weighted by Gasteiger charge is 2.17. The average Bonchev–Trinajstić information content (AvgIpc) is 3.55. The zero-order valence-corrected chi connectivity index (χ0v) is 25.9. The summed E-state index contributed by atoms with van der Waals surface area (Å²) in [7, 11) is 0. The van der Waals surface area contributed by atoms with E-state index in [-0.39, 0.29) is 16.4 Å². The van der Waals surface area contributed by atoms with E-state index in [1.165, 1.54) is 12.1 Å². The third kappa shape index (κ3) is 8.00. The topological polar surface area (TPSA) is 65.7 Å². The molecule has 0 aliphatic heterocycles. The van der Waals surface area contributed by atoms with Gasteiger partial charge in [0.25, 0.3) is 5.24 Å². The van der Waals surface area contributed by atoms with Crippen molar-refractivity contribution in [2.45, 2.75) is 0 Å². The molecule has 0 aliphatic rings. The maximum absolute atomic E-state index is 12.6. The molecule has 208 valence electrons. The lowest BCUT2D eigenvalue weighted by Gasteiger charge is -2.03. The highest BCUT2D eigenvalue weighted by molar-refractivity contribution is 6.68. The van der Waals surface area contributed by atoms with E-state index in [0.29, 0.717) is 31.2 Å². The molecule has 4 nitrogen and oxygen atoms in total. The van der Waals surface area contributed by atoms with Crippen LogP contribution >= 0.6 is 81.2 Å². The monoisotopic (exact) mass is 682 g/mol. The Hall–Kier alpha value is -2.67. The second kappa shape index (κ2) is 14.0. The van der Waals surface area contributed by atoms with Gasteiger partial charge in [-0.2, -0.15) is 0 Å². The van der Waals surface area contributed by atoms with E-state index in [1.807, 2.05) is 36.5 Å². The number of aromatic amines is 2. The van der Waals surface area contributed by atoms with Crippen LogP contribution in [-0.2, 0) is 0 Å². The molecule has 11 heteroatoms. The number of fused-ring (bicyclic) bond motifs is 2. The summed E-state index contributed by atoms with van der Waals surface area (Å²) in [5.41, 5.74) is 3.20. The molecular weight excluding hydrogens is 669 g/mol. The molecule has 0 bridgehead atoms. The second-order valence-corrected chi connectivity index (χ2v) is 11.4. The molecule has 0 saturated heterocycles.